The first-order valence-electron chi connectivity index (χ1n) is 4.51. The van der Waals surface area contributed by atoms with Gasteiger partial charge in [0, 0.05) is 16.7 Å². The first-order valence-corrected chi connectivity index (χ1v) is 5.30. The summed E-state index contributed by atoms with van der Waals surface area (Å²) >= 11 is 3.39. The normalized spacial score (nSPS) is 21.1. The highest BCUT2D eigenvalue weighted by atomic mass is 79.9. The Hall–Kier alpha value is -1.03. The summed E-state index contributed by atoms with van der Waals surface area (Å²) in [5, 5.41) is 2.81. The van der Waals surface area contributed by atoms with E-state index in [2.05, 4.69) is 21.2 Å². The second-order valence-electron chi connectivity index (χ2n) is 3.38. The van der Waals surface area contributed by atoms with Crippen molar-refractivity contribution in [1.29, 1.82) is 0 Å². The zero-order valence-corrected chi connectivity index (χ0v) is 9.41. The lowest BCUT2D eigenvalue weighted by molar-refractivity contribution is 0.252. The zero-order chi connectivity index (χ0) is 10.1. The number of hydrogen-bond acceptors (Lipinski definition) is 1. The molecule has 0 radical (unpaired) electrons. The molecule has 0 aromatic heterocycles. The van der Waals surface area contributed by atoms with Gasteiger partial charge in [-0.15, -0.1) is 0 Å². The Morgan fingerprint density at radius 3 is 2.93 bits per heavy atom. The average Bonchev–Trinajstić information content (AvgIpc) is 2.46. The molecule has 14 heavy (non-hydrogen) atoms. The summed E-state index contributed by atoms with van der Waals surface area (Å²) in [7, 11) is 0. The van der Waals surface area contributed by atoms with Crippen molar-refractivity contribution in [2.45, 2.75) is 13.0 Å². The third-order valence-corrected chi connectivity index (χ3v) is 2.79. The van der Waals surface area contributed by atoms with Crippen molar-refractivity contribution in [3.63, 3.8) is 0 Å². The summed E-state index contributed by atoms with van der Waals surface area (Å²) in [6.45, 7) is 2.74. The maximum atomic E-state index is 11.5. The van der Waals surface area contributed by atoms with E-state index in [0.717, 1.165) is 10.2 Å². The van der Waals surface area contributed by atoms with Crippen molar-refractivity contribution in [1.82, 2.24) is 5.32 Å². The number of carbonyl (C=O) groups is 1. The molecule has 1 saturated heterocycles. The highest BCUT2D eigenvalue weighted by Crippen LogP contribution is 2.23. The highest BCUT2D eigenvalue weighted by molar-refractivity contribution is 9.10. The number of amides is 2. The summed E-state index contributed by atoms with van der Waals surface area (Å²) in [5.41, 5.74) is 0.932. The van der Waals surface area contributed by atoms with Gasteiger partial charge in [0.15, 0.2) is 0 Å². The van der Waals surface area contributed by atoms with E-state index in [1.807, 2.05) is 31.2 Å². The molecule has 1 aromatic carbocycles. The molecule has 0 unspecified atom stereocenters. The van der Waals surface area contributed by atoms with E-state index in [1.54, 1.807) is 4.90 Å². The Bertz CT molecular complexity index is 367. The van der Waals surface area contributed by atoms with E-state index in [1.165, 1.54) is 0 Å². The number of rotatable bonds is 1. The van der Waals surface area contributed by atoms with Crippen LogP contribution in [0.15, 0.2) is 28.7 Å². The second-order valence-corrected chi connectivity index (χ2v) is 4.30. The molecule has 0 bridgehead atoms. The van der Waals surface area contributed by atoms with Crippen LogP contribution in [0, 0.1) is 0 Å². The molecule has 0 aliphatic carbocycles. The lowest BCUT2D eigenvalue weighted by Gasteiger charge is -2.19. The van der Waals surface area contributed by atoms with Gasteiger partial charge in [-0.1, -0.05) is 22.0 Å². The van der Waals surface area contributed by atoms with E-state index in [9.17, 15) is 4.79 Å². The quantitative estimate of drug-likeness (QED) is 0.820. The first kappa shape index (κ1) is 9.52. The number of nitrogens with zero attached hydrogens (tertiary/aromatic N) is 1. The number of nitrogens with one attached hydrogen (secondary N) is 1. The SMILES string of the molecule is C[C@@H]1CNC(=O)N1c1cccc(Br)c1. The molecule has 0 saturated carbocycles. The summed E-state index contributed by atoms with van der Waals surface area (Å²) < 4.78 is 0.988. The van der Waals surface area contributed by atoms with Crippen LogP contribution in [-0.4, -0.2) is 18.6 Å². The lowest BCUT2D eigenvalue weighted by Crippen LogP contribution is -2.32. The van der Waals surface area contributed by atoms with Gasteiger partial charge in [-0.3, -0.25) is 4.90 Å². The highest BCUT2D eigenvalue weighted by Gasteiger charge is 2.28. The Morgan fingerprint density at radius 1 is 1.57 bits per heavy atom. The largest absolute Gasteiger partial charge is 0.336 e. The summed E-state index contributed by atoms with van der Waals surface area (Å²) in [5.74, 6) is 0. The van der Waals surface area contributed by atoms with Crippen LogP contribution in [0.2, 0.25) is 0 Å². The minimum Gasteiger partial charge on any atom is -0.336 e. The van der Waals surface area contributed by atoms with Gasteiger partial charge in [-0.25, -0.2) is 4.79 Å². The molecule has 0 spiro atoms. The van der Waals surface area contributed by atoms with Crippen molar-refractivity contribution >= 4 is 27.6 Å². The molecule has 1 aliphatic rings. The smallest absolute Gasteiger partial charge is 0.322 e. The van der Waals surface area contributed by atoms with Gasteiger partial charge in [0.05, 0.1) is 6.04 Å². The first-order chi connectivity index (χ1) is 6.68. The molecule has 1 heterocycles. The number of urea groups is 1. The number of carbonyl (C=O) groups excluding carboxylic acids is 1. The Balaban J connectivity index is 2.34. The molecule has 1 fully saturated rings. The van der Waals surface area contributed by atoms with E-state index in [-0.39, 0.29) is 12.1 Å². The third-order valence-electron chi connectivity index (χ3n) is 2.29. The molecule has 4 heteroatoms. The van der Waals surface area contributed by atoms with Gasteiger partial charge < -0.3 is 5.32 Å². The van der Waals surface area contributed by atoms with Crippen molar-refractivity contribution in [3.05, 3.63) is 28.7 Å². The molecule has 1 aromatic rings. The molecule has 3 nitrogen and oxygen atoms in total. The monoisotopic (exact) mass is 254 g/mol. The second kappa shape index (κ2) is 3.61. The van der Waals surface area contributed by atoms with E-state index < -0.39 is 0 Å². The van der Waals surface area contributed by atoms with Crippen LogP contribution in [0.1, 0.15) is 6.92 Å². The van der Waals surface area contributed by atoms with Crippen LogP contribution in [-0.2, 0) is 0 Å². The van der Waals surface area contributed by atoms with Gasteiger partial charge in [0.2, 0.25) is 0 Å². The Morgan fingerprint density at radius 2 is 2.36 bits per heavy atom. The van der Waals surface area contributed by atoms with Crippen molar-refractivity contribution in [2.24, 2.45) is 0 Å². The summed E-state index contributed by atoms with van der Waals surface area (Å²) in [6, 6.07) is 7.96. The summed E-state index contributed by atoms with van der Waals surface area (Å²) in [4.78, 5) is 13.3. The van der Waals surface area contributed by atoms with Crippen LogP contribution in [0.4, 0.5) is 10.5 Å². The van der Waals surface area contributed by atoms with Gasteiger partial charge in [0.1, 0.15) is 0 Å². The molecule has 1 atom stereocenters. The molecule has 2 rings (SSSR count). The van der Waals surface area contributed by atoms with E-state index in [0.29, 0.717) is 6.54 Å². The Labute approximate surface area is 91.2 Å². The summed E-state index contributed by atoms with van der Waals surface area (Å²) in [6.07, 6.45) is 0. The predicted octanol–water partition coefficient (Wildman–Crippen LogP) is 2.37. The van der Waals surface area contributed by atoms with Crippen molar-refractivity contribution in [2.75, 3.05) is 11.4 Å². The zero-order valence-electron chi connectivity index (χ0n) is 7.83. The maximum Gasteiger partial charge on any atom is 0.322 e. The number of hydrogen-bond donors (Lipinski definition) is 1. The topological polar surface area (TPSA) is 32.3 Å². The molecule has 1 N–H and O–H groups in total. The van der Waals surface area contributed by atoms with Crippen LogP contribution in [0.5, 0.6) is 0 Å². The molecular formula is C10H11BrN2O. The fourth-order valence-corrected chi connectivity index (χ4v) is 2.00. The van der Waals surface area contributed by atoms with Crippen LogP contribution in [0.25, 0.3) is 0 Å². The predicted molar refractivity (Wildman–Crippen MR) is 59.5 cm³/mol. The third kappa shape index (κ3) is 1.62. The van der Waals surface area contributed by atoms with Gasteiger partial charge >= 0.3 is 6.03 Å². The van der Waals surface area contributed by atoms with Gasteiger partial charge in [0.25, 0.3) is 0 Å². The minimum atomic E-state index is -0.0180. The van der Waals surface area contributed by atoms with Gasteiger partial charge in [-0.2, -0.15) is 0 Å². The lowest BCUT2D eigenvalue weighted by atomic mass is 10.2. The Kier molecular flexibility index (Phi) is 2.46. The van der Waals surface area contributed by atoms with Crippen LogP contribution < -0.4 is 10.2 Å². The van der Waals surface area contributed by atoms with Crippen molar-refractivity contribution < 1.29 is 4.79 Å². The number of halogens is 1. The van der Waals surface area contributed by atoms with E-state index >= 15 is 0 Å². The van der Waals surface area contributed by atoms with Crippen LogP contribution in [0.3, 0.4) is 0 Å². The molecule has 2 amide bonds. The van der Waals surface area contributed by atoms with Crippen molar-refractivity contribution in [3.8, 4) is 0 Å². The number of anilines is 1. The molecular weight excluding hydrogens is 244 g/mol. The standard InChI is InChI=1S/C10H11BrN2O/c1-7-6-12-10(14)13(7)9-4-2-3-8(11)5-9/h2-5,7H,6H2,1H3,(H,12,14)/t7-/m1/s1. The van der Waals surface area contributed by atoms with Gasteiger partial charge in [-0.05, 0) is 25.1 Å². The van der Waals surface area contributed by atoms with E-state index in [4.69, 9.17) is 0 Å². The molecule has 1 aliphatic heterocycles. The van der Waals surface area contributed by atoms with Crippen LogP contribution >= 0.6 is 15.9 Å². The average molecular weight is 255 g/mol. The fourth-order valence-electron chi connectivity index (χ4n) is 1.61. The maximum absolute atomic E-state index is 11.5. The minimum absolute atomic E-state index is 0.0180. The molecule has 74 valence electrons. The number of benzene rings is 1. The fraction of sp³-hybridized carbons (Fsp3) is 0.300.